The molecule has 0 spiro atoms. The number of sulfone groups is 1. The molecule has 0 heterocycles. The summed E-state index contributed by atoms with van der Waals surface area (Å²) < 4.78 is 28.5. The van der Waals surface area contributed by atoms with E-state index in [1.165, 1.54) is 6.26 Å². The van der Waals surface area contributed by atoms with Crippen molar-refractivity contribution in [3.63, 3.8) is 0 Å². The molecule has 102 valence electrons. The third kappa shape index (κ3) is 4.31. The van der Waals surface area contributed by atoms with Crippen LogP contribution in [0.25, 0.3) is 0 Å². The molecule has 0 amide bonds. The highest BCUT2D eigenvalue weighted by atomic mass is 32.2. The van der Waals surface area contributed by atoms with Crippen molar-refractivity contribution in [2.45, 2.75) is 30.7 Å². The van der Waals surface area contributed by atoms with Gasteiger partial charge in [0.15, 0.2) is 9.84 Å². The zero-order chi connectivity index (χ0) is 13.6. The van der Waals surface area contributed by atoms with Gasteiger partial charge in [-0.3, -0.25) is 0 Å². The first kappa shape index (κ1) is 15.0. The third-order valence-corrected chi connectivity index (χ3v) is 3.81. The Labute approximate surface area is 109 Å². The first-order valence-electron chi connectivity index (χ1n) is 6.03. The van der Waals surface area contributed by atoms with Crippen LogP contribution in [0.4, 0.5) is 5.69 Å². The van der Waals surface area contributed by atoms with E-state index < -0.39 is 9.84 Å². The van der Waals surface area contributed by atoms with Crippen LogP contribution in [0.5, 0.6) is 0 Å². The Morgan fingerprint density at radius 2 is 2.00 bits per heavy atom. The van der Waals surface area contributed by atoms with Crippen LogP contribution in [0.15, 0.2) is 29.2 Å². The summed E-state index contributed by atoms with van der Waals surface area (Å²) >= 11 is 0. The van der Waals surface area contributed by atoms with Crippen LogP contribution in [0.3, 0.4) is 0 Å². The summed E-state index contributed by atoms with van der Waals surface area (Å²) in [5, 5.41) is 3.25. The van der Waals surface area contributed by atoms with Gasteiger partial charge in [-0.2, -0.15) is 0 Å². The van der Waals surface area contributed by atoms with Crippen LogP contribution >= 0.6 is 0 Å². The second-order valence-electron chi connectivity index (χ2n) is 4.35. The lowest BCUT2D eigenvalue weighted by molar-refractivity contribution is 0.182. The lowest BCUT2D eigenvalue weighted by Gasteiger charge is -2.20. The van der Waals surface area contributed by atoms with Gasteiger partial charge in [-0.25, -0.2) is 8.42 Å². The maximum absolute atomic E-state index is 11.7. The Hall–Kier alpha value is -1.07. The molecule has 0 aliphatic carbocycles. The number of rotatable bonds is 7. The van der Waals surface area contributed by atoms with E-state index in [2.05, 4.69) is 12.2 Å². The minimum Gasteiger partial charge on any atom is -0.383 e. The third-order valence-electron chi connectivity index (χ3n) is 2.65. The highest BCUT2D eigenvalue weighted by molar-refractivity contribution is 7.90. The van der Waals surface area contributed by atoms with Crippen molar-refractivity contribution in [2.24, 2.45) is 0 Å². The van der Waals surface area contributed by atoms with Crippen LogP contribution in [0.2, 0.25) is 0 Å². The Morgan fingerprint density at radius 1 is 1.33 bits per heavy atom. The van der Waals surface area contributed by atoms with E-state index in [4.69, 9.17) is 4.74 Å². The molecular weight excluding hydrogens is 250 g/mol. The Bertz CT molecular complexity index is 465. The highest BCUT2D eigenvalue weighted by Crippen LogP contribution is 2.22. The van der Waals surface area contributed by atoms with Crippen molar-refractivity contribution in [3.05, 3.63) is 24.3 Å². The fourth-order valence-corrected chi connectivity index (χ4v) is 2.73. The largest absolute Gasteiger partial charge is 0.383 e. The molecule has 0 saturated heterocycles. The van der Waals surface area contributed by atoms with E-state index in [9.17, 15) is 8.42 Å². The SMILES string of the molecule is CCCC(COC)Nc1ccccc1S(C)(=O)=O. The molecule has 0 bridgehead atoms. The standard InChI is InChI=1S/C13H21NO3S/c1-4-7-11(10-17-2)14-12-8-5-6-9-13(12)18(3,15)16/h5-6,8-9,11,14H,4,7,10H2,1-3H3. The number of methoxy groups -OCH3 is 1. The van der Waals surface area contributed by atoms with Gasteiger partial charge >= 0.3 is 0 Å². The second-order valence-corrected chi connectivity index (χ2v) is 6.34. The lowest BCUT2D eigenvalue weighted by Crippen LogP contribution is -2.25. The van der Waals surface area contributed by atoms with Gasteiger partial charge in [-0.15, -0.1) is 0 Å². The van der Waals surface area contributed by atoms with Crippen LogP contribution in [0, 0.1) is 0 Å². The van der Waals surface area contributed by atoms with Gasteiger partial charge in [0.2, 0.25) is 0 Å². The van der Waals surface area contributed by atoms with Crippen molar-refractivity contribution in [2.75, 3.05) is 25.3 Å². The summed E-state index contributed by atoms with van der Waals surface area (Å²) in [6.45, 7) is 2.65. The van der Waals surface area contributed by atoms with Gasteiger partial charge in [0.25, 0.3) is 0 Å². The monoisotopic (exact) mass is 271 g/mol. The first-order valence-corrected chi connectivity index (χ1v) is 7.92. The summed E-state index contributed by atoms with van der Waals surface area (Å²) in [6, 6.07) is 7.09. The number of anilines is 1. The van der Waals surface area contributed by atoms with Gasteiger partial charge in [0.05, 0.1) is 17.2 Å². The molecule has 0 aliphatic rings. The van der Waals surface area contributed by atoms with Crippen molar-refractivity contribution in [1.82, 2.24) is 0 Å². The molecule has 4 nitrogen and oxygen atoms in total. The second kappa shape index (κ2) is 6.75. The average molecular weight is 271 g/mol. The summed E-state index contributed by atoms with van der Waals surface area (Å²) in [5.41, 5.74) is 0.649. The molecule has 18 heavy (non-hydrogen) atoms. The van der Waals surface area contributed by atoms with E-state index in [0.29, 0.717) is 17.2 Å². The summed E-state index contributed by atoms with van der Waals surface area (Å²) in [7, 11) is -1.57. The van der Waals surface area contributed by atoms with Crippen molar-refractivity contribution in [1.29, 1.82) is 0 Å². The van der Waals surface area contributed by atoms with Gasteiger partial charge in [0.1, 0.15) is 0 Å². The predicted molar refractivity (Wildman–Crippen MR) is 73.7 cm³/mol. The molecule has 0 saturated carbocycles. The summed E-state index contributed by atoms with van der Waals surface area (Å²) in [6.07, 6.45) is 3.17. The molecular formula is C13H21NO3S. The molecule has 0 aliphatic heterocycles. The molecule has 1 rings (SSSR count). The van der Waals surface area contributed by atoms with Crippen LogP contribution < -0.4 is 5.32 Å². The van der Waals surface area contributed by atoms with Crippen molar-refractivity contribution < 1.29 is 13.2 Å². The molecule has 5 heteroatoms. The molecule has 1 unspecified atom stereocenters. The minimum atomic E-state index is -3.21. The predicted octanol–water partition coefficient (Wildman–Crippen LogP) is 2.32. The molecule has 0 aromatic heterocycles. The topological polar surface area (TPSA) is 55.4 Å². The number of ether oxygens (including phenoxy) is 1. The Morgan fingerprint density at radius 3 is 2.56 bits per heavy atom. The lowest BCUT2D eigenvalue weighted by atomic mass is 10.1. The van der Waals surface area contributed by atoms with E-state index in [-0.39, 0.29) is 6.04 Å². The van der Waals surface area contributed by atoms with E-state index >= 15 is 0 Å². The first-order chi connectivity index (χ1) is 8.49. The maximum atomic E-state index is 11.7. The van der Waals surface area contributed by atoms with E-state index in [1.54, 1.807) is 25.3 Å². The number of hydrogen-bond donors (Lipinski definition) is 1. The minimum absolute atomic E-state index is 0.128. The zero-order valence-electron chi connectivity index (χ0n) is 11.1. The Balaban J connectivity index is 2.95. The Kier molecular flexibility index (Phi) is 5.62. The van der Waals surface area contributed by atoms with Crippen molar-refractivity contribution in [3.8, 4) is 0 Å². The van der Waals surface area contributed by atoms with E-state index in [1.807, 2.05) is 6.07 Å². The maximum Gasteiger partial charge on any atom is 0.177 e. The van der Waals surface area contributed by atoms with E-state index in [0.717, 1.165) is 12.8 Å². The zero-order valence-corrected chi connectivity index (χ0v) is 12.0. The molecule has 1 N–H and O–H groups in total. The fraction of sp³-hybridized carbons (Fsp3) is 0.538. The van der Waals surface area contributed by atoms with Crippen LogP contribution in [-0.4, -0.2) is 34.4 Å². The van der Waals surface area contributed by atoms with Gasteiger partial charge in [-0.1, -0.05) is 25.5 Å². The number of para-hydroxylation sites is 1. The van der Waals surface area contributed by atoms with Gasteiger partial charge in [0, 0.05) is 19.4 Å². The average Bonchev–Trinajstić information content (AvgIpc) is 2.29. The van der Waals surface area contributed by atoms with Crippen molar-refractivity contribution >= 4 is 15.5 Å². The molecule has 0 fully saturated rings. The number of hydrogen-bond acceptors (Lipinski definition) is 4. The summed E-state index contributed by atoms with van der Waals surface area (Å²) in [4.78, 5) is 0.335. The number of nitrogens with one attached hydrogen (secondary N) is 1. The van der Waals surface area contributed by atoms with Gasteiger partial charge in [-0.05, 0) is 18.6 Å². The smallest absolute Gasteiger partial charge is 0.177 e. The quantitative estimate of drug-likeness (QED) is 0.827. The molecule has 1 aromatic carbocycles. The molecule has 1 aromatic rings. The fourth-order valence-electron chi connectivity index (χ4n) is 1.88. The van der Waals surface area contributed by atoms with Crippen LogP contribution in [0.1, 0.15) is 19.8 Å². The number of benzene rings is 1. The van der Waals surface area contributed by atoms with Gasteiger partial charge < -0.3 is 10.1 Å². The summed E-state index contributed by atoms with van der Waals surface area (Å²) in [5.74, 6) is 0. The normalized spacial score (nSPS) is 13.3. The van der Waals surface area contributed by atoms with Crippen LogP contribution in [-0.2, 0) is 14.6 Å². The highest BCUT2D eigenvalue weighted by Gasteiger charge is 2.15. The molecule has 0 radical (unpaired) electrons. The molecule has 1 atom stereocenters.